The fourth-order valence-corrected chi connectivity index (χ4v) is 3.55. The van der Waals surface area contributed by atoms with Gasteiger partial charge in [-0.05, 0) is 19.1 Å². The van der Waals surface area contributed by atoms with Gasteiger partial charge in [-0.2, -0.15) is 5.26 Å². The number of rotatable bonds is 0. The summed E-state index contributed by atoms with van der Waals surface area (Å²) in [5.41, 5.74) is 0.573. The van der Waals surface area contributed by atoms with Crippen molar-refractivity contribution in [3.63, 3.8) is 0 Å². The summed E-state index contributed by atoms with van der Waals surface area (Å²) in [6, 6.07) is 4.29. The average Bonchev–Trinajstić information content (AvgIpc) is 2.44. The van der Waals surface area contributed by atoms with Gasteiger partial charge in [-0.25, -0.2) is 9.18 Å². The molecule has 2 amide bonds. The minimum absolute atomic E-state index is 0.102. The van der Waals surface area contributed by atoms with Gasteiger partial charge in [-0.15, -0.1) is 0 Å². The van der Waals surface area contributed by atoms with E-state index in [4.69, 9.17) is 10.00 Å². The Bertz CT molecular complexity index is 718. The zero-order valence-electron chi connectivity index (χ0n) is 12.8. The molecule has 0 aromatic heterocycles. The molecule has 7 heteroatoms. The van der Waals surface area contributed by atoms with E-state index in [2.05, 4.69) is 5.32 Å². The van der Waals surface area contributed by atoms with E-state index in [0.717, 1.165) is 26.2 Å². The first kappa shape index (κ1) is 14.3. The van der Waals surface area contributed by atoms with Gasteiger partial charge in [0, 0.05) is 31.6 Å². The van der Waals surface area contributed by atoms with E-state index in [9.17, 15) is 9.18 Å². The second-order valence-corrected chi connectivity index (χ2v) is 6.65. The van der Waals surface area contributed by atoms with Crippen molar-refractivity contribution in [1.29, 1.82) is 5.26 Å². The van der Waals surface area contributed by atoms with Gasteiger partial charge in [0.05, 0.1) is 11.7 Å². The van der Waals surface area contributed by atoms with E-state index >= 15 is 0 Å². The van der Waals surface area contributed by atoms with Crippen LogP contribution in [0.5, 0.6) is 5.75 Å². The van der Waals surface area contributed by atoms with E-state index in [1.54, 1.807) is 4.90 Å². The second kappa shape index (κ2) is 4.83. The average molecular weight is 316 g/mol. The highest BCUT2D eigenvalue weighted by molar-refractivity contribution is 5.96. The van der Waals surface area contributed by atoms with Crippen LogP contribution in [-0.4, -0.2) is 49.8 Å². The van der Waals surface area contributed by atoms with Gasteiger partial charge in [0.15, 0.2) is 5.75 Å². The number of halogens is 1. The van der Waals surface area contributed by atoms with Crippen LogP contribution < -0.4 is 15.0 Å². The number of anilines is 1. The number of ether oxygens (including phenoxy) is 1. The number of nitrogens with one attached hydrogen (secondary N) is 1. The summed E-state index contributed by atoms with van der Waals surface area (Å²) in [5, 5.41) is 12.4. The minimum atomic E-state index is -0.628. The first-order valence-corrected chi connectivity index (χ1v) is 7.69. The number of amides is 2. The van der Waals surface area contributed by atoms with Crippen molar-refractivity contribution >= 4 is 11.7 Å². The zero-order valence-corrected chi connectivity index (χ0v) is 12.8. The topological polar surface area (TPSA) is 68.6 Å². The highest BCUT2D eigenvalue weighted by Gasteiger charge is 2.51. The molecule has 1 aromatic carbocycles. The Balaban J connectivity index is 1.64. The number of urea groups is 1. The van der Waals surface area contributed by atoms with Crippen LogP contribution in [0.2, 0.25) is 0 Å². The number of hydrogen-bond acceptors (Lipinski definition) is 4. The lowest BCUT2D eigenvalue weighted by Gasteiger charge is -2.57. The summed E-state index contributed by atoms with van der Waals surface area (Å²) < 4.78 is 19.3. The Morgan fingerprint density at radius 3 is 2.83 bits per heavy atom. The number of nitrogens with zero attached hydrogens (tertiary/aromatic N) is 3. The first-order chi connectivity index (χ1) is 11.0. The number of carbonyl (C=O) groups excluding carboxylic acids is 1. The predicted molar refractivity (Wildman–Crippen MR) is 80.8 cm³/mol. The number of benzene rings is 1. The summed E-state index contributed by atoms with van der Waals surface area (Å²) in [4.78, 5) is 16.3. The molecule has 3 aliphatic rings. The molecule has 4 rings (SSSR count). The van der Waals surface area contributed by atoms with Gasteiger partial charge in [0.25, 0.3) is 0 Å². The number of carbonyl (C=O) groups is 1. The fourth-order valence-electron chi connectivity index (χ4n) is 3.55. The lowest BCUT2D eigenvalue weighted by molar-refractivity contribution is -0.00993. The molecule has 2 saturated heterocycles. The highest BCUT2D eigenvalue weighted by Crippen LogP contribution is 2.41. The summed E-state index contributed by atoms with van der Waals surface area (Å²) in [6.45, 7) is 5.52. The third-order valence-corrected chi connectivity index (χ3v) is 4.90. The normalized spacial score (nSPS) is 24.1. The van der Waals surface area contributed by atoms with E-state index in [1.165, 1.54) is 12.1 Å². The van der Waals surface area contributed by atoms with Crippen LogP contribution in [0.25, 0.3) is 0 Å². The molecule has 3 aliphatic heterocycles. The largest absolute Gasteiger partial charge is 0.488 e. The molecule has 1 unspecified atom stereocenters. The van der Waals surface area contributed by atoms with Gasteiger partial charge in [-0.3, -0.25) is 4.90 Å². The van der Waals surface area contributed by atoms with Gasteiger partial charge >= 0.3 is 6.03 Å². The van der Waals surface area contributed by atoms with Crippen molar-refractivity contribution in [1.82, 2.24) is 10.2 Å². The zero-order chi connectivity index (χ0) is 16.2. The molecular weight excluding hydrogens is 299 g/mol. The summed E-state index contributed by atoms with van der Waals surface area (Å²) >= 11 is 0. The van der Waals surface area contributed by atoms with Crippen molar-refractivity contribution in [2.24, 2.45) is 5.41 Å². The lowest BCUT2D eigenvalue weighted by atomic mass is 9.74. The molecule has 0 radical (unpaired) electrons. The third kappa shape index (κ3) is 1.98. The Morgan fingerprint density at radius 2 is 2.22 bits per heavy atom. The standard InChI is InChI=1S/C16H17FN4O2/c1-10-5-23-14-11(4-18)12(17)2-3-13(14)21(10)15(22)20-8-16(9-20)6-19-7-16/h2-3,10,19H,5-9H2,1H3. The molecule has 1 aromatic rings. The smallest absolute Gasteiger partial charge is 0.325 e. The van der Waals surface area contributed by atoms with Crippen LogP contribution in [0.4, 0.5) is 14.9 Å². The number of fused-ring (bicyclic) bond motifs is 1. The van der Waals surface area contributed by atoms with Crippen LogP contribution in [0.1, 0.15) is 12.5 Å². The number of hydrogen-bond donors (Lipinski definition) is 1. The monoisotopic (exact) mass is 316 g/mol. The SMILES string of the molecule is CC1COc2c(ccc(F)c2C#N)N1C(=O)N1CC2(CNC2)C1. The Kier molecular flexibility index (Phi) is 3.00. The fraction of sp³-hybridized carbons (Fsp3) is 0.500. The molecule has 0 saturated carbocycles. The van der Waals surface area contributed by atoms with Crippen molar-refractivity contribution in [3.8, 4) is 11.8 Å². The molecule has 1 atom stereocenters. The Morgan fingerprint density at radius 1 is 1.48 bits per heavy atom. The highest BCUT2D eigenvalue weighted by atomic mass is 19.1. The van der Waals surface area contributed by atoms with E-state index in [1.807, 2.05) is 17.9 Å². The Labute approximate surface area is 133 Å². The van der Waals surface area contributed by atoms with E-state index in [0.29, 0.717) is 5.69 Å². The molecule has 1 N–H and O–H groups in total. The predicted octanol–water partition coefficient (Wildman–Crippen LogP) is 1.31. The summed E-state index contributed by atoms with van der Waals surface area (Å²) in [6.07, 6.45) is 0. The van der Waals surface area contributed by atoms with Crippen molar-refractivity contribution in [2.45, 2.75) is 13.0 Å². The molecule has 1 spiro atoms. The van der Waals surface area contributed by atoms with Crippen LogP contribution in [-0.2, 0) is 0 Å². The van der Waals surface area contributed by atoms with Gasteiger partial charge in [-0.1, -0.05) is 0 Å². The van der Waals surface area contributed by atoms with Crippen molar-refractivity contribution in [3.05, 3.63) is 23.5 Å². The molecular formula is C16H17FN4O2. The molecule has 3 heterocycles. The van der Waals surface area contributed by atoms with Gasteiger partial charge in [0.2, 0.25) is 0 Å². The molecule has 120 valence electrons. The van der Waals surface area contributed by atoms with Crippen molar-refractivity contribution < 1.29 is 13.9 Å². The van der Waals surface area contributed by atoms with Gasteiger partial charge in [0.1, 0.15) is 24.1 Å². The summed E-state index contributed by atoms with van der Waals surface area (Å²) in [7, 11) is 0. The second-order valence-electron chi connectivity index (χ2n) is 6.65. The van der Waals surface area contributed by atoms with Crippen LogP contribution in [0.3, 0.4) is 0 Å². The molecule has 2 fully saturated rings. The van der Waals surface area contributed by atoms with E-state index < -0.39 is 5.82 Å². The van der Waals surface area contributed by atoms with Crippen LogP contribution in [0, 0.1) is 22.6 Å². The third-order valence-electron chi connectivity index (χ3n) is 4.90. The van der Waals surface area contributed by atoms with Gasteiger partial charge < -0.3 is 15.0 Å². The number of nitriles is 1. The quantitative estimate of drug-likeness (QED) is 0.783. The molecule has 0 bridgehead atoms. The van der Waals surface area contributed by atoms with Crippen LogP contribution in [0.15, 0.2) is 12.1 Å². The maximum Gasteiger partial charge on any atom is 0.325 e. The lowest BCUT2D eigenvalue weighted by Crippen LogP contribution is -2.73. The molecule has 0 aliphatic carbocycles. The van der Waals surface area contributed by atoms with Crippen LogP contribution >= 0.6 is 0 Å². The molecule has 6 nitrogen and oxygen atoms in total. The molecule has 23 heavy (non-hydrogen) atoms. The Hall–Kier alpha value is -2.33. The maximum atomic E-state index is 13.8. The summed E-state index contributed by atoms with van der Waals surface area (Å²) in [5.74, 6) is -0.462. The first-order valence-electron chi connectivity index (χ1n) is 7.69. The maximum absolute atomic E-state index is 13.8. The van der Waals surface area contributed by atoms with Crippen molar-refractivity contribution in [2.75, 3.05) is 37.7 Å². The number of likely N-dealkylation sites (tertiary alicyclic amines) is 1. The van der Waals surface area contributed by atoms with E-state index in [-0.39, 0.29) is 35.4 Å². The minimum Gasteiger partial charge on any atom is -0.488 e.